The number of aryl methyl sites for hydroxylation is 1. The highest BCUT2D eigenvalue weighted by Gasteiger charge is 2.43. The second kappa shape index (κ2) is 12.2. The molecule has 34 heavy (non-hydrogen) atoms. The number of hydrogen-bond donors (Lipinski definition) is 0. The second-order valence-electron chi connectivity index (χ2n) is 7.82. The van der Waals surface area contributed by atoms with Crippen molar-refractivity contribution in [2.45, 2.75) is 31.9 Å². The minimum Gasteiger partial charge on any atom is -0.494 e. The summed E-state index contributed by atoms with van der Waals surface area (Å²) in [5.41, 5.74) is 3.56. The molecule has 3 rings (SSSR count). The molecule has 1 aliphatic heterocycles. The van der Waals surface area contributed by atoms with Crippen LogP contribution in [0.2, 0.25) is 0 Å². The monoisotopic (exact) mass is 477 g/mol. The first-order valence-corrected chi connectivity index (χ1v) is 11.0. The summed E-state index contributed by atoms with van der Waals surface area (Å²) in [7, 11) is 0. The molecule has 2 aromatic rings. The van der Waals surface area contributed by atoms with E-state index in [9.17, 15) is 22.8 Å². The molecule has 0 atom stereocenters. The fourth-order valence-electron chi connectivity index (χ4n) is 3.48. The Morgan fingerprint density at radius 2 is 1.71 bits per heavy atom. The van der Waals surface area contributed by atoms with Crippen LogP contribution < -0.4 is 4.74 Å². The molecular formula is C25H26F3NO5. The van der Waals surface area contributed by atoms with E-state index in [0.29, 0.717) is 19.7 Å². The molecule has 2 aromatic carbocycles. The number of halogens is 3. The lowest BCUT2D eigenvalue weighted by molar-refractivity contribution is -0.285. The predicted molar refractivity (Wildman–Crippen MR) is 119 cm³/mol. The van der Waals surface area contributed by atoms with E-state index in [1.165, 1.54) is 11.1 Å². The van der Waals surface area contributed by atoms with Crippen molar-refractivity contribution in [3.63, 3.8) is 0 Å². The minimum absolute atomic E-state index is 0.190. The van der Waals surface area contributed by atoms with E-state index >= 15 is 0 Å². The summed E-state index contributed by atoms with van der Waals surface area (Å²) in [6, 6.07) is 18.2. The number of hydrogen-bond acceptors (Lipinski definition) is 6. The summed E-state index contributed by atoms with van der Waals surface area (Å²) in [6.45, 7) is 2.19. The van der Waals surface area contributed by atoms with E-state index in [4.69, 9.17) is 4.74 Å². The van der Waals surface area contributed by atoms with Crippen molar-refractivity contribution < 1.29 is 37.3 Å². The van der Waals surface area contributed by atoms with Crippen LogP contribution in [0.1, 0.15) is 30.4 Å². The number of nitrogens with zero attached hydrogens (tertiary/aromatic N) is 1. The molecule has 0 amide bonds. The third kappa shape index (κ3) is 8.22. The largest absolute Gasteiger partial charge is 0.495 e. The molecule has 182 valence electrons. The number of benzene rings is 2. The summed E-state index contributed by atoms with van der Waals surface area (Å²) >= 11 is 0. The molecule has 0 spiro atoms. The SMILES string of the molecule is O=C(CCN1CC=C(c2ccc(OCCCc3ccccc3)cc2)CC1)OOC(=O)C(F)(F)F. The molecule has 9 heteroatoms. The first-order chi connectivity index (χ1) is 16.3. The fraction of sp³-hybridized carbons (Fsp3) is 0.360. The lowest BCUT2D eigenvalue weighted by Gasteiger charge is -2.26. The van der Waals surface area contributed by atoms with Gasteiger partial charge in [0.1, 0.15) is 5.75 Å². The summed E-state index contributed by atoms with van der Waals surface area (Å²) < 4.78 is 41.9. The van der Waals surface area contributed by atoms with Crippen molar-refractivity contribution in [1.82, 2.24) is 4.90 Å². The zero-order chi connectivity index (χ0) is 24.4. The second-order valence-corrected chi connectivity index (χ2v) is 7.82. The van der Waals surface area contributed by atoms with E-state index < -0.39 is 18.1 Å². The smallest absolute Gasteiger partial charge is 0.494 e. The summed E-state index contributed by atoms with van der Waals surface area (Å²) in [4.78, 5) is 31.4. The van der Waals surface area contributed by atoms with E-state index in [1.54, 1.807) is 0 Å². The molecule has 0 bridgehead atoms. The van der Waals surface area contributed by atoms with E-state index in [0.717, 1.165) is 30.6 Å². The number of carbonyl (C=O) groups excluding carboxylic acids is 2. The number of carbonyl (C=O) groups is 2. The van der Waals surface area contributed by atoms with Gasteiger partial charge in [-0.2, -0.15) is 13.2 Å². The van der Waals surface area contributed by atoms with Gasteiger partial charge >= 0.3 is 18.1 Å². The molecular weight excluding hydrogens is 451 g/mol. The van der Waals surface area contributed by atoms with Crippen LogP contribution in [-0.2, 0) is 25.8 Å². The van der Waals surface area contributed by atoms with Crippen molar-refractivity contribution in [3.8, 4) is 5.75 Å². The fourth-order valence-corrected chi connectivity index (χ4v) is 3.48. The van der Waals surface area contributed by atoms with Crippen molar-refractivity contribution in [3.05, 3.63) is 71.8 Å². The summed E-state index contributed by atoms with van der Waals surface area (Å²) in [5.74, 6) is -2.78. The Kier molecular flexibility index (Phi) is 9.09. The first kappa shape index (κ1) is 25.3. The maximum absolute atomic E-state index is 12.0. The van der Waals surface area contributed by atoms with Gasteiger partial charge in [0.2, 0.25) is 0 Å². The first-order valence-electron chi connectivity index (χ1n) is 11.0. The Hall–Kier alpha value is -3.33. The summed E-state index contributed by atoms with van der Waals surface area (Å²) in [5, 5.41) is 0. The molecule has 0 aliphatic carbocycles. The van der Waals surface area contributed by atoms with Gasteiger partial charge in [-0.05, 0) is 48.1 Å². The number of rotatable bonds is 9. The predicted octanol–water partition coefficient (Wildman–Crippen LogP) is 4.74. The normalized spacial score (nSPS) is 14.3. The topological polar surface area (TPSA) is 65.1 Å². The third-order valence-electron chi connectivity index (χ3n) is 5.31. The highest BCUT2D eigenvalue weighted by molar-refractivity contribution is 5.77. The Balaban J connectivity index is 1.36. The van der Waals surface area contributed by atoms with Gasteiger partial charge in [0.15, 0.2) is 0 Å². The van der Waals surface area contributed by atoms with E-state index in [2.05, 4.69) is 21.9 Å². The number of ether oxygens (including phenoxy) is 1. The Morgan fingerprint density at radius 1 is 0.971 bits per heavy atom. The standard InChI is InChI=1S/C25H26F3NO5/c26-25(27,28)24(31)34-33-23(30)14-17-29-15-12-21(13-16-29)20-8-10-22(11-9-20)32-18-4-7-19-5-2-1-3-6-19/h1-3,5-6,8-12H,4,7,13-18H2. The molecule has 0 saturated carbocycles. The van der Waals surface area contributed by atoms with Crippen LogP contribution in [-0.4, -0.2) is 49.3 Å². The van der Waals surface area contributed by atoms with Crippen LogP contribution in [0.25, 0.3) is 5.57 Å². The lowest BCUT2D eigenvalue weighted by Crippen LogP contribution is -2.31. The zero-order valence-electron chi connectivity index (χ0n) is 18.6. The van der Waals surface area contributed by atoms with Crippen LogP contribution in [0.15, 0.2) is 60.7 Å². The average molecular weight is 477 g/mol. The maximum Gasteiger partial charge on any atom is 0.495 e. The van der Waals surface area contributed by atoms with Crippen molar-refractivity contribution in [2.75, 3.05) is 26.2 Å². The van der Waals surface area contributed by atoms with Gasteiger partial charge in [-0.25, -0.2) is 19.4 Å². The Labute approximate surface area is 195 Å². The molecule has 0 fully saturated rings. The van der Waals surface area contributed by atoms with Gasteiger partial charge < -0.3 is 4.74 Å². The van der Waals surface area contributed by atoms with Crippen LogP contribution in [0.4, 0.5) is 13.2 Å². The maximum atomic E-state index is 12.0. The molecule has 0 radical (unpaired) electrons. The molecule has 6 nitrogen and oxygen atoms in total. The third-order valence-corrected chi connectivity index (χ3v) is 5.31. The summed E-state index contributed by atoms with van der Waals surface area (Å²) in [6.07, 6.45) is -0.681. The van der Waals surface area contributed by atoms with Gasteiger partial charge in [0, 0.05) is 19.6 Å². The highest BCUT2D eigenvalue weighted by Crippen LogP contribution is 2.25. The van der Waals surface area contributed by atoms with Gasteiger partial charge in [0.25, 0.3) is 0 Å². The molecule has 0 saturated heterocycles. The van der Waals surface area contributed by atoms with Crippen molar-refractivity contribution in [2.24, 2.45) is 0 Å². The number of alkyl halides is 3. The molecule has 0 unspecified atom stereocenters. The minimum atomic E-state index is -5.21. The van der Waals surface area contributed by atoms with Crippen LogP contribution in [0, 0.1) is 0 Å². The van der Waals surface area contributed by atoms with Crippen molar-refractivity contribution in [1.29, 1.82) is 0 Å². The van der Waals surface area contributed by atoms with Gasteiger partial charge in [0.05, 0.1) is 13.0 Å². The van der Waals surface area contributed by atoms with Gasteiger partial charge in [-0.15, -0.1) is 0 Å². The van der Waals surface area contributed by atoms with Crippen LogP contribution >= 0.6 is 0 Å². The van der Waals surface area contributed by atoms with Gasteiger partial charge in [-0.1, -0.05) is 48.5 Å². The molecule has 0 aromatic heterocycles. The van der Waals surface area contributed by atoms with E-state index in [-0.39, 0.29) is 13.0 Å². The average Bonchev–Trinajstić information content (AvgIpc) is 2.84. The van der Waals surface area contributed by atoms with Gasteiger partial charge in [-0.3, -0.25) is 4.90 Å². The molecule has 0 N–H and O–H groups in total. The Bertz CT molecular complexity index is 974. The lowest BCUT2D eigenvalue weighted by atomic mass is 9.99. The van der Waals surface area contributed by atoms with E-state index in [1.807, 2.05) is 53.4 Å². The zero-order valence-corrected chi connectivity index (χ0v) is 18.6. The van der Waals surface area contributed by atoms with Crippen LogP contribution in [0.5, 0.6) is 5.75 Å². The highest BCUT2D eigenvalue weighted by atomic mass is 19.4. The molecule has 1 heterocycles. The van der Waals surface area contributed by atoms with Crippen LogP contribution in [0.3, 0.4) is 0 Å². The van der Waals surface area contributed by atoms with Crippen molar-refractivity contribution >= 4 is 17.5 Å². The quantitative estimate of drug-likeness (QED) is 0.295. The molecule has 1 aliphatic rings. The Morgan fingerprint density at radius 3 is 2.35 bits per heavy atom.